The molecule has 1 aromatic rings. The molecule has 0 N–H and O–H groups in total. The number of rotatable bonds is 4. The molecule has 0 aromatic heterocycles. The maximum Gasteiger partial charge on any atom is 0.0643 e. The highest BCUT2D eigenvalue weighted by atomic mass is 35.5. The van der Waals surface area contributed by atoms with Gasteiger partial charge in [0.05, 0.1) is 6.61 Å². The van der Waals surface area contributed by atoms with Gasteiger partial charge in [0.25, 0.3) is 0 Å². The average molecular weight is 265 g/mol. The lowest BCUT2D eigenvalue weighted by atomic mass is 9.78. The number of methoxy groups -OCH3 is 1. The normalized spacial score (nSPS) is 24.6. The van der Waals surface area contributed by atoms with Crippen LogP contribution in [0.4, 0.5) is 0 Å². The zero-order valence-corrected chi connectivity index (χ0v) is 11.7. The van der Waals surface area contributed by atoms with Crippen LogP contribution in [-0.4, -0.2) is 13.7 Å². The van der Waals surface area contributed by atoms with Crippen molar-refractivity contribution < 1.29 is 4.74 Å². The third-order valence-corrected chi connectivity index (χ3v) is 4.04. The van der Waals surface area contributed by atoms with Gasteiger partial charge in [-0.25, -0.2) is 0 Å². The van der Waals surface area contributed by atoms with Crippen LogP contribution in [-0.2, 0) is 4.74 Å². The number of hydrogen-bond donors (Lipinski definition) is 0. The van der Waals surface area contributed by atoms with Crippen molar-refractivity contribution in [3.8, 4) is 0 Å². The molecular formula is C16H21ClO. The predicted octanol–water partition coefficient (Wildman–Crippen LogP) is 4.82. The molecule has 18 heavy (non-hydrogen) atoms. The van der Waals surface area contributed by atoms with Crippen molar-refractivity contribution in [1.29, 1.82) is 0 Å². The molecule has 1 aromatic carbocycles. The molecule has 1 saturated carbocycles. The fourth-order valence-electron chi connectivity index (χ4n) is 2.72. The second-order valence-electron chi connectivity index (χ2n) is 5.05. The van der Waals surface area contributed by atoms with Gasteiger partial charge >= 0.3 is 0 Å². The van der Waals surface area contributed by atoms with E-state index in [2.05, 4.69) is 24.3 Å². The first-order chi connectivity index (χ1) is 8.79. The highest BCUT2D eigenvalue weighted by Gasteiger charge is 2.20. The van der Waals surface area contributed by atoms with Crippen LogP contribution in [0.3, 0.4) is 0 Å². The summed E-state index contributed by atoms with van der Waals surface area (Å²) in [7, 11) is 1.74. The first-order valence-corrected chi connectivity index (χ1v) is 7.08. The number of halogens is 1. The highest BCUT2D eigenvalue weighted by Crippen LogP contribution is 2.36. The molecule has 1 aliphatic rings. The molecular weight excluding hydrogens is 244 g/mol. The van der Waals surface area contributed by atoms with Gasteiger partial charge in [-0.1, -0.05) is 35.9 Å². The molecule has 0 spiro atoms. The molecule has 0 heterocycles. The Morgan fingerprint density at radius 3 is 2.44 bits per heavy atom. The van der Waals surface area contributed by atoms with Crippen LogP contribution >= 0.6 is 11.6 Å². The van der Waals surface area contributed by atoms with Crippen molar-refractivity contribution in [2.24, 2.45) is 5.92 Å². The molecule has 0 aliphatic heterocycles. The van der Waals surface area contributed by atoms with Crippen LogP contribution in [0.25, 0.3) is 0 Å². The fraction of sp³-hybridized carbons (Fsp3) is 0.500. The second-order valence-corrected chi connectivity index (χ2v) is 5.48. The lowest BCUT2D eigenvalue weighted by Crippen LogP contribution is -2.11. The summed E-state index contributed by atoms with van der Waals surface area (Å²) in [4.78, 5) is 0. The van der Waals surface area contributed by atoms with Gasteiger partial charge in [0, 0.05) is 12.1 Å². The molecule has 0 atom stereocenters. The summed E-state index contributed by atoms with van der Waals surface area (Å²) in [6, 6.07) is 8.35. The van der Waals surface area contributed by atoms with E-state index in [0.29, 0.717) is 5.92 Å². The van der Waals surface area contributed by atoms with Crippen LogP contribution in [0.1, 0.15) is 37.2 Å². The maximum atomic E-state index is 5.92. The number of allylic oxidation sites excluding steroid dienone is 1. The summed E-state index contributed by atoms with van der Waals surface area (Å²) >= 11 is 5.92. The Balaban J connectivity index is 1.84. The summed E-state index contributed by atoms with van der Waals surface area (Å²) < 4.78 is 5.04. The molecule has 0 unspecified atom stereocenters. The predicted molar refractivity (Wildman–Crippen MR) is 77.2 cm³/mol. The maximum absolute atomic E-state index is 5.92. The second kappa shape index (κ2) is 6.96. The van der Waals surface area contributed by atoms with Crippen molar-refractivity contribution in [1.82, 2.24) is 0 Å². The number of ether oxygens (including phenoxy) is 1. The largest absolute Gasteiger partial charge is 0.381 e. The Morgan fingerprint density at radius 2 is 1.83 bits per heavy atom. The smallest absolute Gasteiger partial charge is 0.0643 e. The molecule has 2 heteroatoms. The first kappa shape index (κ1) is 13.6. The lowest BCUT2D eigenvalue weighted by Gasteiger charge is -2.27. The summed E-state index contributed by atoms with van der Waals surface area (Å²) in [5.74, 6) is 1.46. The molecule has 1 nitrogen and oxygen atoms in total. The minimum absolute atomic E-state index is 0.717. The third-order valence-electron chi connectivity index (χ3n) is 3.78. The Bertz CT molecular complexity index is 375. The van der Waals surface area contributed by atoms with Gasteiger partial charge in [0.2, 0.25) is 0 Å². The zero-order chi connectivity index (χ0) is 12.8. The van der Waals surface area contributed by atoms with E-state index in [1.165, 1.54) is 31.2 Å². The summed E-state index contributed by atoms with van der Waals surface area (Å²) in [5, 5.41) is 0.829. The molecule has 0 radical (unpaired) electrons. The van der Waals surface area contributed by atoms with Crippen LogP contribution in [0.2, 0.25) is 5.02 Å². The van der Waals surface area contributed by atoms with E-state index in [0.717, 1.165) is 17.5 Å². The molecule has 0 bridgehead atoms. The van der Waals surface area contributed by atoms with E-state index in [-0.39, 0.29) is 0 Å². The highest BCUT2D eigenvalue weighted by molar-refractivity contribution is 6.30. The van der Waals surface area contributed by atoms with Crippen molar-refractivity contribution in [2.75, 3.05) is 13.7 Å². The average Bonchev–Trinajstić information content (AvgIpc) is 2.41. The van der Waals surface area contributed by atoms with Crippen LogP contribution in [0.5, 0.6) is 0 Å². The van der Waals surface area contributed by atoms with Gasteiger partial charge in [-0.05, 0) is 55.2 Å². The Morgan fingerprint density at radius 1 is 1.17 bits per heavy atom. The SMILES string of the molecule is COC/C=C/[C@H]1CC[C@H](c2ccc(Cl)cc2)CC1. The van der Waals surface area contributed by atoms with Gasteiger partial charge < -0.3 is 4.74 Å². The van der Waals surface area contributed by atoms with E-state index >= 15 is 0 Å². The van der Waals surface area contributed by atoms with Gasteiger partial charge in [0.15, 0.2) is 0 Å². The minimum atomic E-state index is 0.717. The van der Waals surface area contributed by atoms with Crippen LogP contribution in [0, 0.1) is 5.92 Å². The monoisotopic (exact) mass is 264 g/mol. The Kier molecular flexibility index (Phi) is 5.27. The summed E-state index contributed by atoms with van der Waals surface area (Å²) in [5.41, 5.74) is 1.44. The topological polar surface area (TPSA) is 9.23 Å². The first-order valence-electron chi connectivity index (χ1n) is 6.70. The van der Waals surface area contributed by atoms with E-state index in [1.807, 2.05) is 12.1 Å². The minimum Gasteiger partial charge on any atom is -0.381 e. The third kappa shape index (κ3) is 3.86. The Labute approximate surface area is 115 Å². The molecule has 0 saturated heterocycles. The standard InChI is InChI=1S/C16H21ClO/c1-18-12-2-3-13-4-6-14(7-5-13)15-8-10-16(17)11-9-15/h2-3,8-11,13-14H,4-7,12H2,1H3/b3-2+/t13-,14-. The van der Waals surface area contributed by atoms with Crippen molar-refractivity contribution in [2.45, 2.75) is 31.6 Å². The fourth-order valence-corrected chi connectivity index (χ4v) is 2.85. The van der Waals surface area contributed by atoms with E-state index in [4.69, 9.17) is 16.3 Å². The van der Waals surface area contributed by atoms with E-state index in [1.54, 1.807) is 7.11 Å². The van der Waals surface area contributed by atoms with Gasteiger partial charge in [-0.15, -0.1) is 0 Å². The lowest BCUT2D eigenvalue weighted by molar-refractivity contribution is 0.233. The van der Waals surface area contributed by atoms with Gasteiger partial charge in [0.1, 0.15) is 0 Å². The molecule has 2 rings (SSSR count). The molecule has 1 fully saturated rings. The summed E-state index contributed by atoms with van der Waals surface area (Å²) in [6.45, 7) is 0.733. The van der Waals surface area contributed by atoms with Gasteiger partial charge in [-0.3, -0.25) is 0 Å². The van der Waals surface area contributed by atoms with Crippen molar-refractivity contribution >= 4 is 11.6 Å². The van der Waals surface area contributed by atoms with Gasteiger partial charge in [-0.2, -0.15) is 0 Å². The zero-order valence-electron chi connectivity index (χ0n) is 10.9. The van der Waals surface area contributed by atoms with E-state index < -0.39 is 0 Å². The van der Waals surface area contributed by atoms with Crippen molar-refractivity contribution in [3.05, 3.63) is 47.0 Å². The van der Waals surface area contributed by atoms with Crippen molar-refractivity contribution in [3.63, 3.8) is 0 Å². The molecule has 1 aliphatic carbocycles. The van der Waals surface area contributed by atoms with E-state index in [9.17, 15) is 0 Å². The molecule has 98 valence electrons. The number of hydrogen-bond acceptors (Lipinski definition) is 1. The quantitative estimate of drug-likeness (QED) is 0.709. The Hall–Kier alpha value is -0.790. The van der Waals surface area contributed by atoms with Crippen LogP contribution in [0.15, 0.2) is 36.4 Å². The van der Waals surface area contributed by atoms with Crippen LogP contribution < -0.4 is 0 Å². The molecule has 0 amide bonds. The number of benzene rings is 1. The summed E-state index contributed by atoms with van der Waals surface area (Å²) in [6.07, 6.45) is 9.60.